The minimum atomic E-state index is 0.753. The van der Waals surface area contributed by atoms with Crippen molar-refractivity contribution >= 4 is 11.3 Å². The summed E-state index contributed by atoms with van der Waals surface area (Å²) in [6.45, 7) is 0.753. The highest BCUT2D eigenvalue weighted by atomic mass is 32.1. The van der Waals surface area contributed by atoms with Gasteiger partial charge in [0.15, 0.2) is 0 Å². The van der Waals surface area contributed by atoms with E-state index in [9.17, 15) is 0 Å². The van der Waals surface area contributed by atoms with Gasteiger partial charge in [-0.25, -0.2) is 4.98 Å². The summed E-state index contributed by atoms with van der Waals surface area (Å²) in [5.74, 6) is 1.59. The summed E-state index contributed by atoms with van der Waals surface area (Å²) >= 11 is 1.65. The number of rotatable bonds is 6. The van der Waals surface area contributed by atoms with Gasteiger partial charge in [0.25, 0.3) is 0 Å². The predicted molar refractivity (Wildman–Crippen MR) is 110 cm³/mol. The number of aromatic nitrogens is 2. The fourth-order valence-electron chi connectivity index (χ4n) is 3.25. The second kappa shape index (κ2) is 7.68. The van der Waals surface area contributed by atoms with E-state index in [0.29, 0.717) is 0 Å². The maximum atomic E-state index is 5.58. The second-order valence-corrected chi connectivity index (χ2v) is 6.99. The van der Waals surface area contributed by atoms with Crippen LogP contribution in [0.15, 0.2) is 72.4 Å². The van der Waals surface area contributed by atoms with Crippen LogP contribution in [0.5, 0.6) is 11.5 Å². The molecule has 5 heteroatoms. The Balaban J connectivity index is 1.71. The zero-order chi connectivity index (χ0) is 18.6. The molecular weight excluding hydrogens is 356 g/mol. The fraction of sp³-hybridized carbons (Fsp3) is 0.136. The summed E-state index contributed by atoms with van der Waals surface area (Å²) in [4.78, 5) is 4.41. The highest BCUT2D eigenvalue weighted by Crippen LogP contribution is 2.38. The molecule has 0 radical (unpaired) electrons. The van der Waals surface area contributed by atoms with Gasteiger partial charge in [0.05, 0.1) is 25.5 Å². The van der Waals surface area contributed by atoms with Crippen LogP contribution in [0.3, 0.4) is 0 Å². The Bertz CT molecular complexity index is 1020. The molecule has 27 heavy (non-hydrogen) atoms. The van der Waals surface area contributed by atoms with Crippen LogP contribution < -0.4 is 9.47 Å². The number of hydrogen-bond acceptors (Lipinski definition) is 4. The number of benzene rings is 2. The molecule has 2 heterocycles. The van der Waals surface area contributed by atoms with Crippen molar-refractivity contribution in [3.63, 3.8) is 0 Å². The van der Waals surface area contributed by atoms with E-state index in [1.165, 1.54) is 5.56 Å². The first-order valence-corrected chi connectivity index (χ1v) is 9.53. The molecule has 4 aromatic rings. The first-order valence-electron chi connectivity index (χ1n) is 8.65. The maximum absolute atomic E-state index is 5.58. The van der Waals surface area contributed by atoms with Gasteiger partial charge in [0.1, 0.15) is 16.5 Å². The first kappa shape index (κ1) is 17.4. The van der Waals surface area contributed by atoms with Gasteiger partial charge in [-0.3, -0.25) is 0 Å². The molecule has 0 aliphatic heterocycles. The van der Waals surface area contributed by atoms with Gasteiger partial charge in [0.2, 0.25) is 0 Å². The van der Waals surface area contributed by atoms with Crippen molar-refractivity contribution in [3.05, 3.63) is 77.9 Å². The van der Waals surface area contributed by atoms with Crippen molar-refractivity contribution in [2.45, 2.75) is 6.54 Å². The molecule has 0 saturated heterocycles. The molecular formula is C22H20N2O2S. The quantitative estimate of drug-likeness (QED) is 0.455. The monoisotopic (exact) mass is 376 g/mol. The Morgan fingerprint density at radius 2 is 1.74 bits per heavy atom. The smallest absolute Gasteiger partial charge is 0.131 e. The summed E-state index contributed by atoms with van der Waals surface area (Å²) < 4.78 is 13.4. The van der Waals surface area contributed by atoms with E-state index in [1.54, 1.807) is 25.6 Å². The molecule has 0 N–H and O–H groups in total. The number of methoxy groups -OCH3 is 2. The minimum absolute atomic E-state index is 0.753. The van der Waals surface area contributed by atoms with E-state index in [2.05, 4.69) is 46.1 Å². The van der Waals surface area contributed by atoms with Crippen molar-refractivity contribution < 1.29 is 9.47 Å². The van der Waals surface area contributed by atoms with Gasteiger partial charge in [-0.2, -0.15) is 0 Å². The van der Waals surface area contributed by atoms with Crippen LogP contribution in [-0.4, -0.2) is 23.8 Å². The topological polar surface area (TPSA) is 36.3 Å². The van der Waals surface area contributed by atoms with Gasteiger partial charge >= 0.3 is 0 Å². The number of thiazole rings is 1. The molecule has 0 fully saturated rings. The molecule has 136 valence electrons. The molecule has 4 rings (SSSR count). The van der Waals surface area contributed by atoms with Gasteiger partial charge < -0.3 is 14.0 Å². The Kier molecular flexibility index (Phi) is 4.94. The fourth-order valence-corrected chi connectivity index (χ4v) is 3.88. The van der Waals surface area contributed by atoms with Crippen LogP contribution in [0.1, 0.15) is 5.56 Å². The van der Waals surface area contributed by atoms with Gasteiger partial charge in [-0.15, -0.1) is 11.3 Å². The van der Waals surface area contributed by atoms with Crippen LogP contribution in [0.25, 0.3) is 21.8 Å². The lowest BCUT2D eigenvalue weighted by Gasteiger charge is -2.16. The molecule has 0 saturated carbocycles. The lowest BCUT2D eigenvalue weighted by Crippen LogP contribution is -2.02. The van der Waals surface area contributed by atoms with Crippen LogP contribution in [0, 0.1) is 0 Å². The highest BCUT2D eigenvalue weighted by Gasteiger charge is 2.16. The van der Waals surface area contributed by atoms with E-state index in [-0.39, 0.29) is 0 Å². The normalized spacial score (nSPS) is 10.7. The highest BCUT2D eigenvalue weighted by molar-refractivity contribution is 7.13. The zero-order valence-electron chi connectivity index (χ0n) is 15.3. The standard InChI is InChI=1S/C22H20N2O2S/c1-25-19-9-4-10-20(26-2)21(19)18-8-5-12-24(18)15-16-6-3-7-17(14-16)22-23-11-13-27-22/h3-14H,15H2,1-2H3. The van der Waals surface area contributed by atoms with Crippen molar-refractivity contribution in [3.8, 4) is 33.3 Å². The summed E-state index contributed by atoms with van der Waals surface area (Å²) in [5.41, 5.74) is 4.38. The molecule has 0 aliphatic rings. The van der Waals surface area contributed by atoms with E-state index < -0.39 is 0 Å². The lowest BCUT2D eigenvalue weighted by atomic mass is 10.1. The third-order valence-electron chi connectivity index (χ3n) is 4.47. The molecule has 0 unspecified atom stereocenters. The molecule has 2 aromatic carbocycles. The average Bonchev–Trinajstić information content (AvgIpc) is 3.39. The average molecular weight is 376 g/mol. The van der Waals surface area contributed by atoms with E-state index in [1.807, 2.05) is 35.8 Å². The van der Waals surface area contributed by atoms with E-state index in [0.717, 1.165) is 39.9 Å². The SMILES string of the molecule is COc1cccc(OC)c1-c1cccn1Cc1cccc(-c2nccs2)c1. The molecule has 0 bridgehead atoms. The third kappa shape index (κ3) is 3.46. The molecule has 0 aliphatic carbocycles. The Hall–Kier alpha value is -3.05. The van der Waals surface area contributed by atoms with Gasteiger partial charge in [0, 0.05) is 29.9 Å². The molecule has 4 nitrogen and oxygen atoms in total. The van der Waals surface area contributed by atoms with Crippen molar-refractivity contribution in [2.24, 2.45) is 0 Å². The maximum Gasteiger partial charge on any atom is 0.131 e. The van der Waals surface area contributed by atoms with E-state index in [4.69, 9.17) is 9.47 Å². The van der Waals surface area contributed by atoms with Gasteiger partial charge in [-0.05, 0) is 35.9 Å². The van der Waals surface area contributed by atoms with E-state index >= 15 is 0 Å². The van der Waals surface area contributed by atoms with Crippen LogP contribution >= 0.6 is 11.3 Å². The summed E-state index contributed by atoms with van der Waals surface area (Å²) in [5, 5.41) is 3.04. The summed E-state index contributed by atoms with van der Waals surface area (Å²) in [6.07, 6.45) is 3.92. The van der Waals surface area contributed by atoms with Crippen molar-refractivity contribution in [1.29, 1.82) is 0 Å². The number of ether oxygens (including phenoxy) is 2. The molecule has 0 atom stereocenters. The predicted octanol–water partition coefficient (Wildman–Crippen LogP) is 5.34. The lowest BCUT2D eigenvalue weighted by molar-refractivity contribution is 0.397. The van der Waals surface area contributed by atoms with Crippen LogP contribution in [0.2, 0.25) is 0 Å². The number of hydrogen-bond donors (Lipinski definition) is 0. The van der Waals surface area contributed by atoms with Crippen LogP contribution in [-0.2, 0) is 6.54 Å². The number of nitrogens with zero attached hydrogens (tertiary/aromatic N) is 2. The van der Waals surface area contributed by atoms with Crippen molar-refractivity contribution in [1.82, 2.24) is 9.55 Å². The summed E-state index contributed by atoms with van der Waals surface area (Å²) in [7, 11) is 3.37. The second-order valence-electron chi connectivity index (χ2n) is 6.10. The molecule has 2 aromatic heterocycles. The van der Waals surface area contributed by atoms with Crippen molar-refractivity contribution in [2.75, 3.05) is 14.2 Å². The Morgan fingerprint density at radius 1 is 0.963 bits per heavy atom. The largest absolute Gasteiger partial charge is 0.496 e. The third-order valence-corrected chi connectivity index (χ3v) is 5.29. The first-order chi connectivity index (χ1) is 13.3. The summed E-state index contributed by atoms with van der Waals surface area (Å²) in [6, 6.07) is 18.5. The van der Waals surface area contributed by atoms with Gasteiger partial charge in [-0.1, -0.05) is 24.3 Å². The molecule has 0 spiro atoms. The zero-order valence-corrected chi connectivity index (χ0v) is 16.1. The minimum Gasteiger partial charge on any atom is -0.496 e. The Labute approximate surface area is 162 Å². The Morgan fingerprint density at radius 3 is 2.44 bits per heavy atom. The molecule has 0 amide bonds. The van der Waals surface area contributed by atoms with Crippen LogP contribution in [0.4, 0.5) is 0 Å².